The van der Waals surface area contributed by atoms with Crippen molar-refractivity contribution in [3.05, 3.63) is 58.9 Å². The van der Waals surface area contributed by atoms with Crippen molar-refractivity contribution in [2.24, 2.45) is 5.73 Å². The first-order valence-corrected chi connectivity index (χ1v) is 6.84. The number of carbonyl (C=O) groups is 1. The molecule has 4 nitrogen and oxygen atoms in total. The minimum absolute atomic E-state index is 0.196. The Hall–Kier alpha value is -2.20. The standard InChI is InChI=1S/C16H17N3O/c17-10-11-6-7-18-15(8-11)16(20)19-14-5-4-12-2-1-3-13(12)9-14/h4-9H,1-3,10,17H2,(H,19,20). The third kappa shape index (κ3) is 2.56. The number of nitrogens with one attached hydrogen (secondary N) is 1. The predicted molar refractivity (Wildman–Crippen MR) is 78.5 cm³/mol. The number of benzene rings is 1. The van der Waals surface area contributed by atoms with Crippen LogP contribution < -0.4 is 11.1 Å². The van der Waals surface area contributed by atoms with E-state index >= 15 is 0 Å². The summed E-state index contributed by atoms with van der Waals surface area (Å²) in [5, 5.41) is 2.90. The molecule has 0 aliphatic heterocycles. The molecule has 3 rings (SSSR count). The van der Waals surface area contributed by atoms with Crippen molar-refractivity contribution < 1.29 is 4.79 Å². The van der Waals surface area contributed by atoms with Gasteiger partial charge in [0.1, 0.15) is 5.69 Å². The van der Waals surface area contributed by atoms with E-state index in [2.05, 4.69) is 22.4 Å². The predicted octanol–water partition coefficient (Wildman–Crippen LogP) is 2.28. The minimum Gasteiger partial charge on any atom is -0.326 e. The van der Waals surface area contributed by atoms with Crippen LogP contribution in [0.3, 0.4) is 0 Å². The highest BCUT2D eigenvalue weighted by atomic mass is 16.1. The van der Waals surface area contributed by atoms with Crippen molar-refractivity contribution in [3.63, 3.8) is 0 Å². The Morgan fingerprint density at radius 3 is 2.90 bits per heavy atom. The summed E-state index contributed by atoms with van der Waals surface area (Å²) in [6.45, 7) is 0.404. The lowest BCUT2D eigenvalue weighted by Gasteiger charge is -2.07. The average Bonchev–Trinajstić information content (AvgIpc) is 2.95. The Balaban J connectivity index is 1.78. The van der Waals surface area contributed by atoms with Crippen LogP contribution in [-0.2, 0) is 19.4 Å². The van der Waals surface area contributed by atoms with Gasteiger partial charge < -0.3 is 11.1 Å². The van der Waals surface area contributed by atoms with Gasteiger partial charge in [-0.1, -0.05) is 6.07 Å². The molecule has 0 radical (unpaired) electrons. The summed E-state index contributed by atoms with van der Waals surface area (Å²) in [5.74, 6) is -0.196. The molecule has 1 aromatic carbocycles. The number of anilines is 1. The number of rotatable bonds is 3. The van der Waals surface area contributed by atoms with Gasteiger partial charge in [-0.15, -0.1) is 0 Å². The topological polar surface area (TPSA) is 68.0 Å². The second kappa shape index (κ2) is 5.43. The number of carbonyl (C=O) groups excluding carboxylic acids is 1. The van der Waals surface area contributed by atoms with Gasteiger partial charge >= 0.3 is 0 Å². The number of amides is 1. The van der Waals surface area contributed by atoms with Crippen LogP contribution in [0.1, 0.15) is 33.6 Å². The largest absolute Gasteiger partial charge is 0.326 e. The van der Waals surface area contributed by atoms with Gasteiger partial charge in [-0.05, 0) is 60.2 Å². The maximum absolute atomic E-state index is 12.2. The average molecular weight is 267 g/mol. The molecule has 0 unspecified atom stereocenters. The number of aryl methyl sites for hydroxylation is 2. The van der Waals surface area contributed by atoms with Crippen molar-refractivity contribution in [1.82, 2.24) is 4.98 Å². The number of fused-ring (bicyclic) bond motifs is 1. The number of pyridine rings is 1. The van der Waals surface area contributed by atoms with E-state index < -0.39 is 0 Å². The summed E-state index contributed by atoms with van der Waals surface area (Å²) in [7, 11) is 0. The molecule has 20 heavy (non-hydrogen) atoms. The van der Waals surface area contributed by atoms with E-state index in [0.717, 1.165) is 24.1 Å². The van der Waals surface area contributed by atoms with Gasteiger partial charge in [-0.2, -0.15) is 0 Å². The summed E-state index contributed by atoms with van der Waals surface area (Å²) in [5.41, 5.74) is 10.4. The van der Waals surface area contributed by atoms with E-state index in [1.54, 1.807) is 12.3 Å². The second-order valence-electron chi connectivity index (χ2n) is 5.04. The van der Waals surface area contributed by atoms with E-state index in [1.807, 2.05) is 12.1 Å². The number of aromatic nitrogens is 1. The molecule has 1 aliphatic carbocycles. The monoisotopic (exact) mass is 267 g/mol. The smallest absolute Gasteiger partial charge is 0.274 e. The highest BCUT2D eigenvalue weighted by molar-refractivity contribution is 6.03. The second-order valence-corrected chi connectivity index (χ2v) is 5.04. The van der Waals surface area contributed by atoms with Crippen molar-refractivity contribution in [3.8, 4) is 0 Å². The van der Waals surface area contributed by atoms with E-state index in [9.17, 15) is 4.79 Å². The van der Waals surface area contributed by atoms with Crippen LogP contribution in [0.25, 0.3) is 0 Å². The van der Waals surface area contributed by atoms with Crippen molar-refractivity contribution >= 4 is 11.6 Å². The molecule has 0 fully saturated rings. The maximum atomic E-state index is 12.2. The summed E-state index contributed by atoms with van der Waals surface area (Å²) in [6, 6.07) is 9.65. The van der Waals surface area contributed by atoms with Crippen molar-refractivity contribution in [2.75, 3.05) is 5.32 Å². The Bertz CT molecular complexity index is 652. The van der Waals surface area contributed by atoms with Crippen LogP contribution in [0, 0.1) is 0 Å². The molecular weight excluding hydrogens is 250 g/mol. The van der Waals surface area contributed by atoms with Crippen LogP contribution in [0.4, 0.5) is 5.69 Å². The number of hydrogen-bond donors (Lipinski definition) is 2. The highest BCUT2D eigenvalue weighted by Crippen LogP contribution is 2.25. The molecule has 1 aliphatic rings. The zero-order valence-corrected chi connectivity index (χ0v) is 11.2. The molecule has 4 heteroatoms. The van der Waals surface area contributed by atoms with Crippen LogP contribution in [0.2, 0.25) is 0 Å². The fourth-order valence-electron chi connectivity index (χ4n) is 2.57. The summed E-state index contributed by atoms with van der Waals surface area (Å²) in [4.78, 5) is 16.3. The lowest BCUT2D eigenvalue weighted by Crippen LogP contribution is -2.14. The fourth-order valence-corrected chi connectivity index (χ4v) is 2.57. The zero-order valence-electron chi connectivity index (χ0n) is 11.2. The van der Waals surface area contributed by atoms with E-state index in [4.69, 9.17) is 5.73 Å². The molecule has 0 spiro atoms. The first-order chi connectivity index (χ1) is 9.76. The molecule has 3 N–H and O–H groups in total. The minimum atomic E-state index is -0.196. The van der Waals surface area contributed by atoms with Gasteiger partial charge in [0.25, 0.3) is 5.91 Å². The van der Waals surface area contributed by atoms with Gasteiger partial charge in [0.15, 0.2) is 0 Å². The van der Waals surface area contributed by atoms with Crippen LogP contribution in [0.15, 0.2) is 36.5 Å². The lowest BCUT2D eigenvalue weighted by molar-refractivity contribution is 0.102. The normalized spacial score (nSPS) is 13.1. The van der Waals surface area contributed by atoms with E-state index in [1.165, 1.54) is 17.5 Å². The molecule has 0 saturated heterocycles. The third-order valence-corrected chi connectivity index (χ3v) is 3.65. The molecule has 1 heterocycles. The van der Waals surface area contributed by atoms with Crippen LogP contribution in [0.5, 0.6) is 0 Å². The van der Waals surface area contributed by atoms with Crippen molar-refractivity contribution in [1.29, 1.82) is 0 Å². The molecule has 102 valence electrons. The summed E-state index contributed by atoms with van der Waals surface area (Å²) in [6.07, 6.45) is 5.05. The van der Waals surface area contributed by atoms with Crippen LogP contribution in [-0.4, -0.2) is 10.9 Å². The molecule has 0 atom stereocenters. The van der Waals surface area contributed by atoms with Gasteiger partial charge in [0, 0.05) is 18.4 Å². The van der Waals surface area contributed by atoms with Gasteiger partial charge in [-0.3, -0.25) is 9.78 Å². The quantitative estimate of drug-likeness (QED) is 0.896. The Kier molecular flexibility index (Phi) is 3.48. The zero-order chi connectivity index (χ0) is 13.9. The molecular formula is C16H17N3O. The first-order valence-electron chi connectivity index (χ1n) is 6.84. The Morgan fingerprint density at radius 1 is 1.20 bits per heavy atom. The SMILES string of the molecule is NCc1ccnc(C(=O)Nc2ccc3c(c2)CCC3)c1. The molecule has 1 aromatic heterocycles. The first kappa shape index (κ1) is 12.8. The van der Waals surface area contributed by atoms with Gasteiger partial charge in [0.05, 0.1) is 0 Å². The highest BCUT2D eigenvalue weighted by Gasteiger charge is 2.13. The number of nitrogens with zero attached hydrogens (tertiary/aromatic N) is 1. The Morgan fingerprint density at radius 2 is 2.05 bits per heavy atom. The van der Waals surface area contributed by atoms with E-state index in [0.29, 0.717) is 12.2 Å². The van der Waals surface area contributed by atoms with Crippen LogP contribution >= 0.6 is 0 Å². The van der Waals surface area contributed by atoms with Gasteiger partial charge in [0.2, 0.25) is 0 Å². The number of hydrogen-bond acceptors (Lipinski definition) is 3. The Labute approximate surface area is 118 Å². The maximum Gasteiger partial charge on any atom is 0.274 e. The lowest BCUT2D eigenvalue weighted by atomic mass is 10.1. The summed E-state index contributed by atoms with van der Waals surface area (Å²) < 4.78 is 0. The molecule has 2 aromatic rings. The van der Waals surface area contributed by atoms with Gasteiger partial charge in [-0.25, -0.2) is 0 Å². The van der Waals surface area contributed by atoms with Crippen molar-refractivity contribution in [2.45, 2.75) is 25.8 Å². The molecule has 0 saturated carbocycles. The number of nitrogens with two attached hydrogens (primary N) is 1. The summed E-state index contributed by atoms with van der Waals surface area (Å²) >= 11 is 0. The third-order valence-electron chi connectivity index (χ3n) is 3.65. The molecule has 0 bridgehead atoms. The van der Waals surface area contributed by atoms with E-state index in [-0.39, 0.29) is 5.91 Å². The molecule has 1 amide bonds. The fraction of sp³-hybridized carbons (Fsp3) is 0.250.